The zero-order chi connectivity index (χ0) is 29.7. The molecule has 1 N–H and O–H groups in total. The Balaban J connectivity index is 1.39. The molecule has 4 atom stereocenters. The van der Waals surface area contributed by atoms with Crippen LogP contribution in [-0.4, -0.2) is 51.9 Å². The molecule has 1 aromatic heterocycles. The standard InChI is InChI=1S/C31H26FN3O7/c1-31(19-40-28(37)21-13-7-3-8-14-21)25(41-29(38)22-15-9-4-10-16-22)24(32)27(42-31)35-18-17-23(34-30(35)39)33-26(36)20-11-5-2-6-12-20/h2-18,24-25,27H,19H2,1H3,(H,33,34,36,39)/t24-,25-,27-,31+/m0/s1. The van der Waals surface area contributed by atoms with Gasteiger partial charge in [-0.05, 0) is 49.4 Å². The Hall–Kier alpha value is -5.16. The molecule has 0 unspecified atom stereocenters. The summed E-state index contributed by atoms with van der Waals surface area (Å²) in [5.41, 5.74) is -1.81. The summed E-state index contributed by atoms with van der Waals surface area (Å²) in [7, 11) is 0. The highest BCUT2D eigenvalue weighted by Gasteiger charge is 2.57. The third kappa shape index (κ3) is 6.11. The minimum absolute atomic E-state index is 0.0508. The molecule has 5 rings (SSSR count). The molecule has 2 heterocycles. The Kier molecular flexibility index (Phi) is 8.21. The number of aromatic nitrogens is 2. The first-order valence-electron chi connectivity index (χ1n) is 13.0. The summed E-state index contributed by atoms with van der Waals surface area (Å²) >= 11 is 0. The first kappa shape index (κ1) is 28.4. The largest absolute Gasteiger partial charge is 0.459 e. The Morgan fingerprint density at radius 1 is 0.881 bits per heavy atom. The minimum atomic E-state index is -2.05. The van der Waals surface area contributed by atoms with Crippen molar-refractivity contribution in [3.63, 3.8) is 0 Å². The smallest absolute Gasteiger partial charge is 0.351 e. The number of benzene rings is 3. The zero-order valence-corrected chi connectivity index (χ0v) is 22.4. The van der Waals surface area contributed by atoms with Gasteiger partial charge >= 0.3 is 17.6 Å². The Morgan fingerprint density at radius 3 is 2.00 bits per heavy atom. The highest BCUT2D eigenvalue weighted by Crippen LogP contribution is 2.41. The molecule has 1 saturated heterocycles. The molecule has 214 valence electrons. The van der Waals surface area contributed by atoms with Crippen LogP contribution in [0.4, 0.5) is 10.2 Å². The lowest BCUT2D eigenvalue weighted by Gasteiger charge is -2.29. The number of amides is 1. The van der Waals surface area contributed by atoms with Gasteiger partial charge in [0.25, 0.3) is 5.91 Å². The molecule has 4 aromatic rings. The van der Waals surface area contributed by atoms with Crippen molar-refractivity contribution >= 4 is 23.7 Å². The summed E-state index contributed by atoms with van der Waals surface area (Å²) in [5, 5.41) is 2.52. The second kappa shape index (κ2) is 12.1. The number of nitrogens with one attached hydrogen (secondary N) is 1. The van der Waals surface area contributed by atoms with E-state index in [1.165, 1.54) is 31.3 Å². The highest BCUT2D eigenvalue weighted by atomic mass is 19.1. The third-order valence-electron chi connectivity index (χ3n) is 6.68. The Labute approximate surface area is 239 Å². The molecule has 1 fully saturated rings. The van der Waals surface area contributed by atoms with E-state index >= 15 is 4.39 Å². The number of ether oxygens (including phenoxy) is 3. The maximum Gasteiger partial charge on any atom is 0.351 e. The second-order valence-corrected chi connectivity index (χ2v) is 9.72. The van der Waals surface area contributed by atoms with E-state index in [4.69, 9.17) is 14.2 Å². The molecule has 3 aromatic carbocycles. The summed E-state index contributed by atoms with van der Waals surface area (Å²) < 4.78 is 33.9. The normalized spacial score (nSPS) is 21.3. The molecular formula is C31H26FN3O7. The van der Waals surface area contributed by atoms with Crippen LogP contribution in [0.2, 0.25) is 0 Å². The molecule has 10 nitrogen and oxygen atoms in total. The van der Waals surface area contributed by atoms with Crippen LogP contribution in [0.5, 0.6) is 0 Å². The molecular weight excluding hydrogens is 545 g/mol. The van der Waals surface area contributed by atoms with Gasteiger partial charge in [-0.15, -0.1) is 0 Å². The van der Waals surface area contributed by atoms with Gasteiger partial charge in [0.1, 0.15) is 18.0 Å². The molecule has 1 aliphatic heterocycles. The molecule has 0 saturated carbocycles. The monoisotopic (exact) mass is 571 g/mol. The van der Waals surface area contributed by atoms with E-state index in [1.807, 2.05) is 0 Å². The summed E-state index contributed by atoms with van der Waals surface area (Å²) in [6, 6.07) is 25.8. The van der Waals surface area contributed by atoms with E-state index < -0.39 is 54.2 Å². The Morgan fingerprint density at radius 2 is 1.43 bits per heavy atom. The van der Waals surface area contributed by atoms with Crippen LogP contribution in [0.15, 0.2) is 108 Å². The molecule has 0 aliphatic carbocycles. The number of rotatable bonds is 8. The van der Waals surface area contributed by atoms with Gasteiger partial charge in [0.15, 0.2) is 18.5 Å². The van der Waals surface area contributed by atoms with Gasteiger partial charge in [0.2, 0.25) is 0 Å². The summed E-state index contributed by atoms with van der Waals surface area (Å²) in [4.78, 5) is 54.8. The lowest BCUT2D eigenvalue weighted by atomic mass is 9.98. The van der Waals surface area contributed by atoms with Gasteiger partial charge in [-0.1, -0.05) is 54.6 Å². The summed E-state index contributed by atoms with van der Waals surface area (Å²) in [5.74, 6) is -2.05. The quantitative estimate of drug-likeness (QED) is 0.312. The summed E-state index contributed by atoms with van der Waals surface area (Å²) in [6.07, 6.45) is -3.99. The van der Waals surface area contributed by atoms with Gasteiger partial charge in [-0.3, -0.25) is 9.36 Å². The first-order chi connectivity index (χ1) is 20.2. The zero-order valence-electron chi connectivity index (χ0n) is 22.4. The number of alkyl halides is 1. The molecule has 11 heteroatoms. The number of esters is 2. The van der Waals surface area contributed by atoms with Crippen LogP contribution in [0.1, 0.15) is 44.2 Å². The number of carbonyl (C=O) groups is 3. The molecule has 0 radical (unpaired) electrons. The lowest BCUT2D eigenvalue weighted by molar-refractivity contribution is -0.122. The van der Waals surface area contributed by atoms with Crippen molar-refractivity contribution in [3.8, 4) is 0 Å². The Bertz CT molecular complexity index is 1630. The van der Waals surface area contributed by atoms with Crippen molar-refractivity contribution in [2.24, 2.45) is 0 Å². The van der Waals surface area contributed by atoms with Crippen LogP contribution in [-0.2, 0) is 14.2 Å². The average molecular weight is 572 g/mol. The molecule has 0 bridgehead atoms. The maximum atomic E-state index is 16.1. The van der Waals surface area contributed by atoms with Crippen LogP contribution in [0, 0.1) is 0 Å². The fourth-order valence-electron chi connectivity index (χ4n) is 4.49. The molecule has 42 heavy (non-hydrogen) atoms. The van der Waals surface area contributed by atoms with Gasteiger partial charge in [-0.25, -0.2) is 18.8 Å². The van der Waals surface area contributed by atoms with E-state index in [0.717, 1.165) is 4.57 Å². The van der Waals surface area contributed by atoms with Crippen LogP contribution >= 0.6 is 0 Å². The van der Waals surface area contributed by atoms with Crippen LogP contribution in [0.3, 0.4) is 0 Å². The minimum Gasteiger partial charge on any atom is -0.459 e. The van der Waals surface area contributed by atoms with Crippen molar-refractivity contribution in [1.82, 2.24) is 9.55 Å². The number of hydrogen-bond acceptors (Lipinski definition) is 8. The van der Waals surface area contributed by atoms with E-state index in [0.29, 0.717) is 5.56 Å². The number of anilines is 1. The molecule has 0 spiro atoms. The second-order valence-electron chi connectivity index (χ2n) is 9.72. The van der Waals surface area contributed by atoms with Crippen molar-refractivity contribution in [1.29, 1.82) is 0 Å². The molecule has 1 aliphatic rings. The third-order valence-corrected chi connectivity index (χ3v) is 6.68. The predicted octanol–water partition coefficient (Wildman–Crippen LogP) is 4.20. The van der Waals surface area contributed by atoms with Crippen molar-refractivity contribution in [3.05, 3.63) is 130 Å². The average Bonchev–Trinajstić information content (AvgIpc) is 3.26. The van der Waals surface area contributed by atoms with Gasteiger partial charge < -0.3 is 19.5 Å². The van der Waals surface area contributed by atoms with Crippen molar-refractivity contribution < 1.29 is 33.0 Å². The van der Waals surface area contributed by atoms with Gasteiger partial charge in [0, 0.05) is 11.8 Å². The number of halogens is 1. The lowest BCUT2D eigenvalue weighted by Crippen LogP contribution is -2.46. The summed E-state index contributed by atoms with van der Waals surface area (Å²) in [6.45, 7) is 0.936. The van der Waals surface area contributed by atoms with E-state index in [9.17, 15) is 19.2 Å². The predicted molar refractivity (Wildman–Crippen MR) is 149 cm³/mol. The topological polar surface area (TPSA) is 126 Å². The van der Waals surface area contributed by atoms with E-state index in [-0.39, 0.29) is 16.9 Å². The van der Waals surface area contributed by atoms with Gasteiger partial charge in [-0.2, -0.15) is 4.98 Å². The molecule has 1 amide bonds. The van der Waals surface area contributed by atoms with Crippen LogP contribution in [0.25, 0.3) is 0 Å². The van der Waals surface area contributed by atoms with Gasteiger partial charge in [0.05, 0.1) is 11.1 Å². The maximum absolute atomic E-state index is 16.1. The van der Waals surface area contributed by atoms with Crippen LogP contribution < -0.4 is 11.0 Å². The number of nitrogens with zero attached hydrogens (tertiary/aromatic N) is 2. The van der Waals surface area contributed by atoms with E-state index in [1.54, 1.807) is 78.9 Å². The van der Waals surface area contributed by atoms with E-state index in [2.05, 4.69) is 10.3 Å². The number of carbonyl (C=O) groups excluding carboxylic acids is 3. The first-order valence-corrected chi connectivity index (χ1v) is 13.0. The fraction of sp³-hybridized carbons (Fsp3) is 0.194. The van der Waals surface area contributed by atoms with Crippen molar-refractivity contribution in [2.75, 3.05) is 11.9 Å². The fourth-order valence-corrected chi connectivity index (χ4v) is 4.49. The highest BCUT2D eigenvalue weighted by molar-refractivity contribution is 6.03. The SMILES string of the molecule is C[C@]1(COC(=O)c2ccccc2)O[C@H](n2ccc(NC(=O)c3ccccc3)nc2=O)[C@@H](F)[C@@H]1OC(=O)c1ccccc1. The number of hydrogen-bond donors (Lipinski definition) is 1. The van der Waals surface area contributed by atoms with Crippen molar-refractivity contribution in [2.45, 2.75) is 31.0 Å².